The maximum absolute atomic E-state index is 2.56. The van der Waals surface area contributed by atoms with Gasteiger partial charge in [-0.15, -0.1) is 0 Å². The predicted molar refractivity (Wildman–Crippen MR) is 104 cm³/mol. The van der Waals surface area contributed by atoms with Gasteiger partial charge in [-0.3, -0.25) is 0 Å². The Balaban J connectivity index is 2.85. The first-order chi connectivity index (χ1) is 9.67. The molecule has 130 valence electrons. The van der Waals surface area contributed by atoms with Crippen molar-refractivity contribution in [2.45, 2.75) is 112 Å². The van der Waals surface area contributed by atoms with Gasteiger partial charge in [0.25, 0.3) is 0 Å². The molecule has 1 saturated carbocycles. The second-order valence-electron chi connectivity index (χ2n) is 11.6. The van der Waals surface area contributed by atoms with Gasteiger partial charge in [-0.2, -0.15) is 0 Å². The molecule has 0 aliphatic heterocycles. The zero-order valence-electron chi connectivity index (χ0n) is 17.4. The second-order valence-corrected chi connectivity index (χ2v) is 11.6. The smallest absolute Gasteiger partial charge is 0.0671 e. The van der Waals surface area contributed by atoms with Crippen molar-refractivity contribution < 1.29 is 0 Å². The standard InChI is InChI=1S/C21H43B/c1-18(2,3)16-12-11-13-17(15-14-16)20(7,8)21(9,10)22-19(4,5)6/h16-17,22H,11-15H2,1-10H3. The van der Waals surface area contributed by atoms with Crippen molar-refractivity contribution >= 4 is 7.28 Å². The van der Waals surface area contributed by atoms with Crippen LogP contribution in [0.1, 0.15) is 101 Å². The van der Waals surface area contributed by atoms with Crippen LogP contribution in [0.15, 0.2) is 0 Å². The molecule has 0 amide bonds. The van der Waals surface area contributed by atoms with Gasteiger partial charge in [0.15, 0.2) is 0 Å². The molecule has 1 aliphatic rings. The molecule has 2 atom stereocenters. The molecule has 1 aliphatic carbocycles. The third kappa shape index (κ3) is 5.03. The van der Waals surface area contributed by atoms with E-state index < -0.39 is 0 Å². The Bertz CT molecular complexity index is 351. The van der Waals surface area contributed by atoms with Crippen LogP contribution in [0.4, 0.5) is 0 Å². The summed E-state index contributed by atoms with van der Waals surface area (Å²) in [5.41, 5.74) is 0.910. The van der Waals surface area contributed by atoms with E-state index in [4.69, 9.17) is 0 Å². The van der Waals surface area contributed by atoms with Gasteiger partial charge < -0.3 is 0 Å². The maximum Gasteiger partial charge on any atom is 0.134 e. The molecule has 0 aromatic carbocycles. The molecule has 0 spiro atoms. The minimum Gasteiger partial charge on any atom is -0.0671 e. The lowest BCUT2D eigenvalue weighted by Gasteiger charge is -2.49. The van der Waals surface area contributed by atoms with Crippen molar-refractivity contribution in [1.29, 1.82) is 0 Å². The lowest BCUT2D eigenvalue weighted by atomic mass is 9.34. The topological polar surface area (TPSA) is 0 Å². The average Bonchev–Trinajstić information content (AvgIpc) is 2.49. The fraction of sp³-hybridized carbons (Fsp3) is 1.00. The molecule has 0 radical (unpaired) electrons. The molecule has 1 fully saturated rings. The van der Waals surface area contributed by atoms with Crippen LogP contribution in [0.3, 0.4) is 0 Å². The first-order valence-corrected chi connectivity index (χ1v) is 9.67. The van der Waals surface area contributed by atoms with Crippen LogP contribution in [-0.2, 0) is 0 Å². The summed E-state index contributed by atoms with van der Waals surface area (Å²) in [5, 5.41) is 0.816. The van der Waals surface area contributed by atoms with Crippen molar-refractivity contribution in [2.75, 3.05) is 0 Å². The highest BCUT2D eigenvalue weighted by atomic mass is 14.5. The zero-order chi connectivity index (χ0) is 17.4. The van der Waals surface area contributed by atoms with Gasteiger partial charge in [-0.25, -0.2) is 0 Å². The van der Waals surface area contributed by atoms with Crippen molar-refractivity contribution in [1.82, 2.24) is 0 Å². The van der Waals surface area contributed by atoms with Crippen LogP contribution >= 0.6 is 0 Å². The van der Waals surface area contributed by atoms with Crippen molar-refractivity contribution in [2.24, 2.45) is 22.7 Å². The fourth-order valence-corrected chi connectivity index (χ4v) is 5.00. The van der Waals surface area contributed by atoms with Crippen LogP contribution in [0.25, 0.3) is 0 Å². The molecule has 2 unspecified atom stereocenters. The normalized spacial score (nSPS) is 25.7. The van der Waals surface area contributed by atoms with Gasteiger partial charge in [-0.1, -0.05) is 86.3 Å². The van der Waals surface area contributed by atoms with Crippen LogP contribution in [0.2, 0.25) is 10.6 Å². The lowest BCUT2D eigenvalue weighted by Crippen LogP contribution is -2.40. The summed E-state index contributed by atoms with van der Waals surface area (Å²) in [6, 6.07) is 0. The Morgan fingerprint density at radius 2 is 1.09 bits per heavy atom. The quantitative estimate of drug-likeness (QED) is 0.385. The molecule has 0 saturated heterocycles. The van der Waals surface area contributed by atoms with E-state index in [-0.39, 0.29) is 0 Å². The van der Waals surface area contributed by atoms with E-state index in [1.807, 2.05) is 0 Å². The Labute approximate surface area is 142 Å². The lowest BCUT2D eigenvalue weighted by molar-refractivity contribution is 0.125. The summed E-state index contributed by atoms with van der Waals surface area (Å²) < 4.78 is 0. The number of rotatable bonds is 3. The van der Waals surface area contributed by atoms with E-state index in [0.717, 1.165) is 11.8 Å². The SMILES string of the molecule is CC(C)(C)BC(C)(C)C(C)(C)C1CCCC(C(C)(C)C)CC1. The monoisotopic (exact) mass is 306 g/mol. The van der Waals surface area contributed by atoms with Crippen LogP contribution in [-0.4, -0.2) is 7.28 Å². The summed E-state index contributed by atoms with van der Waals surface area (Å²) in [7, 11) is 1.31. The Hall–Kier alpha value is 0.0649. The molecule has 22 heavy (non-hydrogen) atoms. The zero-order valence-corrected chi connectivity index (χ0v) is 17.4. The molecule has 0 nitrogen and oxygen atoms in total. The molecule has 0 heterocycles. The summed E-state index contributed by atoms with van der Waals surface area (Å²) in [4.78, 5) is 0. The first kappa shape index (κ1) is 20.1. The number of hydrogen-bond acceptors (Lipinski definition) is 0. The third-order valence-electron chi connectivity index (χ3n) is 6.93. The van der Waals surface area contributed by atoms with E-state index in [0.29, 0.717) is 21.5 Å². The molecule has 0 aromatic rings. The number of hydrogen-bond donors (Lipinski definition) is 0. The second kappa shape index (κ2) is 6.52. The van der Waals surface area contributed by atoms with Crippen LogP contribution in [0, 0.1) is 22.7 Å². The van der Waals surface area contributed by atoms with E-state index in [1.165, 1.54) is 39.4 Å². The van der Waals surface area contributed by atoms with E-state index in [9.17, 15) is 0 Å². The van der Waals surface area contributed by atoms with Gasteiger partial charge >= 0.3 is 0 Å². The fourth-order valence-electron chi connectivity index (χ4n) is 5.00. The van der Waals surface area contributed by atoms with Crippen LogP contribution < -0.4 is 0 Å². The molecule has 0 aromatic heterocycles. The highest BCUT2D eigenvalue weighted by Crippen LogP contribution is 2.56. The average molecular weight is 306 g/mol. The summed E-state index contributed by atoms with van der Waals surface area (Å²) >= 11 is 0. The highest BCUT2D eigenvalue weighted by Gasteiger charge is 2.45. The van der Waals surface area contributed by atoms with Gasteiger partial charge in [-0.05, 0) is 48.3 Å². The Morgan fingerprint density at radius 1 is 0.636 bits per heavy atom. The minimum atomic E-state index is 0.400. The summed E-state index contributed by atoms with van der Waals surface area (Å²) in [5.74, 6) is 1.80. The first-order valence-electron chi connectivity index (χ1n) is 9.67. The molecular formula is C21H43B. The minimum absolute atomic E-state index is 0.400. The predicted octanol–water partition coefficient (Wildman–Crippen LogP) is 7.11. The van der Waals surface area contributed by atoms with E-state index in [2.05, 4.69) is 69.2 Å². The Morgan fingerprint density at radius 3 is 1.55 bits per heavy atom. The van der Waals surface area contributed by atoms with Gasteiger partial charge in [0.2, 0.25) is 0 Å². The van der Waals surface area contributed by atoms with E-state index in [1.54, 1.807) is 0 Å². The molecular weight excluding hydrogens is 263 g/mol. The molecule has 0 bridgehead atoms. The van der Waals surface area contributed by atoms with Gasteiger partial charge in [0.05, 0.1) is 0 Å². The van der Waals surface area contributed by atoms with Gasteiger partial charge in [0.1, 0.15) is 7.28 Å². The van der Waals surface area contributed by atoms with Crippen molar-refractivity contribution in [3.8, 4) is 0 Å². The highest BCUT2D eigenvalue weighted by molar-refractivity contribution is 6.43. The van der Waals surface area contributed by atoms with Crippen molar-refractivity contribution in [3.05, 3.63) is 0 Å². The van der Waals surface area contributed by atoms with Crippen molar-refractivity contribution in [3.63, 3.8) is 0 Å². The molecule has 0 N–H and O–H groups in total. The van der Waals surface area contributed by atoms with E-state index >= 15 is 0 Å². The van der Waals surface area contributed by atoms with Gasteiger partial charge in [0, 0.05) is 0 Å². The Kier molecular flexibility index (Phi) is 5.96. The molecule has 1 rings (SSSR count). The summed E-state index contributed by atoms with van der Waals surface area (Å²) in [6.07, 6.45) is 7.18. The largest absolute Gasteiger partial charge is 0.134 e. The van der Waals surface area contributed by atoms with Crippen LogP contribution in [0.5, 0.6) is 0 Å². The third-order valence-corrected chi connectivity index (χ3v) is 6.93. The molecule has 1 heteroatoms. The maximum atomic E-state index is 2.56. The summed E-state index contributed by atoms with van der Waals surface area (Å²) in [6.45, 7) is 24.6.